The van der Waals surface area contributed by atoms with E-state index in [0.717, 1.165) is 19.5 Å². The van der Waals surface area contributed by atoms with Crippen LogP contribution < -0.4 is 10.6 Å². The standard InChI is InChI=1S/C11H22N2O2S/c1-8-6-12-7-10(8)11(14)13-5-4-9(2)16(3)15/h8-10,12H,4-7H2,1-3H3,(H,13,14). The van der Waals surface area contributed by atoms with Crippen molar-refractivity contribution in [2.45, 2.75) is 25.5 Å². The van der Waals surface area contributed by atoms with Crippen molar-refractivity contribution in [3.8, 4) is 0 Å². The highest BCUT2D eigenvalue weighted by atomic mass is 32.2. The van der Waals surface area contributed by atoms with Gasteiger partial charge in [0.25, 0.3) is 0 Å². The zero-order valence-corrected chi connectivity index (χ0v) is 11.1. The van der Waals surface area contributed by atoms with Gasteiger partial charge in [0, 0.05) is 35.4 Å². The average Bonchev–Trinajstić information content (AvgIpc) is 2.64. The van der Waals surface area contributed by atoms with Gasteiger partial charge in [0.2, 0.25) is 5.91 Å². The molecule has 1 heterocycles. The lowest BCUT2D eigenvalue weighted by Crippen LogP contribution is -2.36. The van der Waals surface area contributed by atoms with Crippen LogP contribution in [-0.2, 0) is 15.6 Å². The zero-order chi connectivity index (χ0) is 12.1. The van der Waals surface area contributed by atoms with E-state index in [9.17, 15) is 9.00 Å². The molecule has 4 atom stereocenters. The van der Waals surface area contributed by atoms with Gasteiger partial charge < -0.3 is 10.6 Å². The summed E-state index contributed by atoms with van der Waals surface area (Å²) in [4.78, 5) is 11.8. The Hall–Kier alpha value is -0.420. The summed E-state index contributed by atoms with van der Waals surface area (Å²) in [7, 11) is -0.798. The van der Waals surface area contributed by atoms with Crippen LogP contribution in [0.15, 0.2) is 0 Å². The van der Waals surface area contributed by atoms with Crippen LogP contribution in [0.5, 0.6) is 0 Å². The van der Waals surface area contributed by atoms with E-state index < -0.39 is 10.8 Å². The van der Waals surface area contributed by atoms with E-state index >= 15 is 0 Å². The molecule has 1 aliphatic heterocycles. The van der Waals surface area contributed by atoms with Gasteiger partial charge in [-0.3, -0.25) is 9.00 Å². The number of carbonyl (C=O) groups is 1. The van der Waals surface area contributed by atoms with Gasteiger partial charge >= 0.3 is 0 Å². The van der Waals surface area contributed by atoms with E-state index in [-0.39, 0.29) is 17.1 Å². The Morgan fingerprint density at radius 1 is 1.56 bits per heavy atom. The molecule has 1 saturated heterocycles. The summed E-state index contributed by atoms with van der Waals surface area (Å²) in [5.41, 5.74) is 0. The lowest BCUT2D eigenvalue weighted by atomic mass is 9.97. The van der Waals surface area contributed by atoms with Gasteiger partial charge in [0.05, 0.1) is 5.92 Å². The maximum atomic E-state index is 11.8. The van der Waals surface area contributed by atoms with Crippen LogP contribution in [0.2, 0.25) is 0 Å². The monoisotopic (exact) mass is 246 g/mol. The van der Waals surface area contributed by atoms with E-state index in [4.69, 9.17) is 0 Å². The smallest absolute Gasteiger partial charge is 0.224 e. The third-order valence-corrected chi connectivity index (χ3v) is 4.64. The van der Waals surface area contributed by atoms with Crippen LogP contribution in [0.25, 0.3) is 0 Å². The Morgan fingerprint density at radius 3 is 2.75 bits per heavy atom. The van der Waals surface area contributed by atoms with E-state index in [1.807, 2.05) is 6.92 Å². The maximum Gasteiger partial charge on any atom is 0.224 e. The fourth-order valence-corrected chi connectivity index (χ4v) is 2.31. The summed E-state index contributed by atoms with van der Waals surface area (Å²) in [6, 6.07) is 0. The van der Waals surface area contributed by atoms with Crippen LogP contribution >= 0.6 is 0 Å². The Labute approximate surface area is 100 Å². The van der Waals surface area contributed by atoms with E-state index in [1.54, 1.807) is 6.26 Å². The molecule has 4 unspecified atom stereocenters. The Balaban J connectivity index is 2.22. The molecule has 4 nitrogen and oxygen atoms in total. The van der Waals surface area contributed by atoms with Gasteiger partial charge in [-0.15, -0.1) is 0 Å². The predicted octanol–water partition coefficient (Wildman–Crippen LogP) is 0.115. The topological polar surface area (TPSA) is 58.2 Å². The molecule has 0 aromatic rings. The lowest BCUT2D eigenvalue weighted by Gasteiger charge is -2.15. The van der Waals surface area contributed by atoms with Gasteiger partial charge in [-0.1, -0.05) is 13.8 Å². The van der Waals surface area contributed by atoms with Crippen molar-refractivity contribution < 1.29 is 9.00 Å². The van der Waals surface area contributed by atoms with Crippen molar-refractivity contribution in [1.82, 2.24) is 10.6 Å². The first-order valence-corrected chi connectivity index (χ1v) is 7.45. The Morgan fingerprint density at radius 2 is 2.25 bits per heavy atom. The molecule has 0 aliphatic carbocycles. The van der Waals surface area contributed by atoms with E-state index in [2.05, 4.69) is 17.6 Å². The zero-order valence-electron chi connectivity index (χ0n) is 10.3. The van der Waals surface area contributed by atoms with Gasteiger partial charge in [-0.25, -0.2) is 0 Å². The second kappa shape index (κ2) is 6.35. The molecule has 1 amide bonds. The van der Waals surface area contributed by atoms with Gasteiger partial charge in [-0.2, -0.15) is 0 Å². The summed E-state index contributed by atoms with van der Waals surface area (Å²) < 4.78 is 11.1. The minimum absolute atomic E-state index is 0.0995. The average molecular weight is 246 g/mol. The molecule has 1 fully saturated rings. The van der Waals surface area contributed by atoms with Crippen LogP contribution in [0.3, 0.4) is 0 Å². The Kier molecular flexibility index (Phi) is 5.41. The van der Waals surface area contributed by atoms with Crippen LogP contribution in [0.1, 0.15) is 20.3 Å². The molecule has 5 heteroatoms. The quantitative estimate of drug-likeness (QED) is 0.724. The third-order valence-electron chi connectivity index (χ3n) is 3.27. The van der Waals surface area contributed by atoms with Crippen LogP contribution in [0, 0.1) is 11.8 Å². The largest absolute Gasteiger partial charge is 0.356 e. The SMILES string of the molecule is CC1CNCC1C(=O)NCCC(C)S(C)=O. The van der Waals surface area contributed by atoms with Gasteiger partial charge in [0.15, 0.2) is 0 Å². The first kappa shape index (κ1) is 13.6. The molecule has 1 rings (SSSR count). The molecule has 2 N–H and O–H groups in total. The molecule has 0 aromatic carbocycles. The fraction of sp³-hybridized carbons (Fsp3) is 0.909. The highest BCUT2D eigenvalue weighted by Gasteiger charge is 2.29. The van der Waals surface area contributed by atoms with Crippen molar-refractivity contribution in [1.29, 1.82) is 0 Å². The summed E-state index contributed by atoms with van der Waals surface area (Å²) in [5.74, 6) is 0.645. The summed E-state index contributed by atoms with van der Waals surface area (Å²) >= 11 is 0. The van der Waals surface area contributed by atoms with E-state index in [0.29, 0.717) is 12.5 Å². The van der Waals surface area contributed by atoms with Crippen LogP contribution in [-0.4, -0.2) is 41.3 Å². The van der Waals surface area contributed by atoms with Gasteiger partial charge in [0.1, 0.15) is 0 Å². The van der Waals surface area contributed by atoms with Crippen LogP contribution in [0.4, 0.5) is 0 Å². The molecule has 0 spiro atoms. The number of hydrogen-bond acceptors (Lipinski definition) is 3. The molecule has 0 radical (unpaired) electrons. The van der Waals surface area contributed by atoms with Crippen molar-refractivity contribution in [3.63, 3.8) is 0 Å². The second-order valence-corrected chi connectivity index (χ2v) is 6.43. The number of amides is 1. The van der Waals surface area contributed by atoms with Crippen molar-refractivity contribution in [3.05, 3.63) is 0 Å². The minimum atomic E-state index is -0.798. The molecule has 0 bridgehead atoms. The highest BCUT2D eigenvalue weighted by molar-refractivity contribution is 7.84. The maximum absolute atomic E-state index is 11.8. The number of carbonyl (C=O) groups excluding carboxylic acids is 1. The van der Waals surface area contributed by atoms with Gasteiger partial charge in [-0.05, 0) is 18.9 Å². The molecule has 16 heavy (non-hydrogen) atoms. The normalized spacial score (nSPS) is 28.7. The Bertz CT molecular complexity index is 271. The van der Waals surface area contributed by atoms with Crippen molar-refractivity contribution in [2.24, 2.45) is 11.8 Å². The highest BCUT2D eigenvalue weighted by Crippen LogP contribution is 2.15. The number of hydrogen-bond donors (Lipinski definition) is 2. The fourth-order valence-electron chi connectivity index (χ4n) is 1.86. The molecular formula is C11H22N2O2S. The third kappa shape index (κ3) is 3.87. The van der Waals surface area contributed by atoms with Crippen molar-refractivity contribution >= 4 is 16.7 Å². The summed E-state index contributed by atoms with van der Waals surface area (Å²) in [6.45, 7) is 6.37. The number of rotatable bonds is 5. The minimum Gasteiger partial charge on any atom is -0.356 e. The molecule has 94 valence electrons. The molecular weight excluding hydrogens is 224 g/mol. The summed E-state index contributed by atoms with van der Waals surface area (Å²) in [5, 5.41) is 6.29. The molecule has 0 aromatic heterocycles. The lowest BCUT2D eigenvalue weighted by molar-refractivity contribution is -0.125. The predicted molar refractivity (Wildman–Crippen MR) is 66.7 cm³/mol. The first-order valence-electron chi connectivity index (χ1n) is 5.83. The second-order valence-electron chi connectivity index (χ2n) is 4.63. The first-order chi connectivity index (χ1) is 7.52. The number of nitrogens with one attached hydrogen (secondary N) is 2. The molecule has 0 saturated carbocycles. The molecule has 1 aliphatic rings. The summed E-state index contributed by atoms with van der Waals surface area (Å²) in [6.07, 6.45) is 2.48. The van der Waals surface area contributed by atoms with E-state index in [1.165, 1.54) is 0 Å². The van der Waals surface area contributed by atoms with Crippen molar-refractivity contribution in [2.75, 3.05) is 25.9 Å².